The van der Waals surface area contributed by atoms with Crippen LogP contribution >= 0.6 is 0 Å². The number of carbonyl (C=O) groups excluding carboxylic acids is 1. The molecule has 0 saturated heterocycles. The van der Waals surface area contributed by atoms with Crippen LogP contribution in [0, 0.1) is 0 Å². The highest BCUT2D eigenvalue weighted by atomic mass is 16.5. The smallest absolute Gasteiger partial charge is 0.244 e. The minimum Gasteiger partial charge on any atom is -0.497 e. The fraction of sp³-hybridized carbons (Fsp3) is 0.211. The topological polar surface area (TPSA) is 56.8 Å². The Balaban J connectivity index is 1.95. The van der Waals surface area contributed by atoms with Crippen LogP contribution in [0.3, 0.4) is 0 Å². The lowest BCUT2D eigenvalue weighted by molar-refractivity contribution is -0.116. The first-order chi connectivity index (χ1) is 11.7. The summed E-state index contributed by atoms with van der Waals surface area (Å²) in [6, 6.07) is 13.0. The molecular formula is C19H21NO4. The van der Waals surface area contributed by atoms with Gasteiger partial charge in [0.2, 0.25) is 5.91 Å². The Morgan fingerprint density at radius 3 is 2.50 bits per heavy atom. The molecule has 5 nitrogen and oxygen atoms in total. The molecule has 0 radical (unpaired) electrons. The molecule has 0 unspecified atom stereocenters. The van der Waals surface area contributed by atoms with Crippen LogP contribution in [0.5, 0.6) is 17.2 Å². The van der Waals surface area contributed by atoms with Crippen molar-refractivity contribution in [3.05, 3.63) is 59.7 Å². The van der Waals surface area contributed by atoms with Gasteiger partial charge >= 0.3 is 0 Å². The third kappa shape index (κ3) is 4.78. The second-order valence-electron chi connectivity index (χ2n) is 5.02. The van der Waals surface area contributed by atoms with E-state index in [0.29, 0.717) is 18.0 Å². The second kappa shape index (κ2) is 8.62. The third-order valence-electron chi connectivity index (χ3n) is 3.44. The van der Waals surface area contributed by atoms with Crippen LogP contribution < -0.4 is 19.5 Å². The van der Waals surface area contributed by atoms with E-state index in [0.717, 1.165) is 16.9 Å². The highest BCUT2D eigenvalue weighted by Crippen LogP contribution is 2.27. The molecular weight excluding hydrogens is 306 g/mol. The van der Waals surface area contributed by atoms with Gasteiger partial charge in [-0.3, -0.25) is 4.79 Å². The Morgan fingerprint density at radius 2 is 1.79 bits per heavy atom. The number of nitrogens with one attached hydrogen (secondary N) is 1. The van der Waals surface area contributed by atoms with Gasteiger partial charge in [0.25, 0.3) is 0 Å². The number of rotatable bonds is 7. The number of hydrogen-bond donors (Lipinski definition) is 1. The Hall–Kier alpha value is -2.95. The summed E-state index contributed by atoms with van der Waals surface area (Å²) in [5.74, 6) is 1.86. The van der Waals surface area contributed by atoms with Gasteiger partial charge in [-0.25, -0.2) is 0 Å². The predicted molar refractivity (Wildman–Crippen MR) is 93.4 cm³/mol. The maximum absolute atomic E-state index is 11.9. The third-order valence-corrected chi connectivity index (χ3v) is 3.44. The molecule has 2 aromatic rings. The van der Waals surface area contributed by atoms with E-state index in [2.05, 4.69) is 5.32 Å². The van der Waals surface area contributed by atoms with E-state index >= 15 is 0 Å². The van der Waals surface area contributed by atoms with Gasteiger partial charge in [-0.2, -0.15) is 0 Å². The normalized spacial score (nSPS) is 10.5. The van der Waals surface area contributed by atoms with E-state index in [1.807, 2.05) is 36.4 Å². The van der Waals surface area contributed by atoms with Gasteiger partial charge in [-0.05, 0) is 41.5 Å². The maximum atomic E-state index is 11.9. The van der Waals surface area contributed by atoms with Crippen LogP contribution in [0.1, 0.15) is 11.1 Å². The highest BCUT2D eigenvalue weighted by molar-refractivity contribution is 5.91. The molecule has 2 aromatic carbocycles. The van der Waals surface area contributed by atoms with Crippen molar-refractivity contribution in [1.29, 1.82) is 0 Å². The van der Waals surface area contributed by atoms with E-state index in [1.165, 1.54) is 6.08 Å². The molecule has 0 bridgehead atoms. The molecule has 0 atom stereocenters. The Bertz CT molecular complexity index is 725. The molecule has 5 heteroatoms. The van der Waals surface area contributed by atoms with Gasteiger partial charge in [-0.15, -0.1) is 0 Å². The molecule has 1 N–H and O–H groups in total. The van der Waals surface area contributed by atoms with Crippen LogP contribution in [0.2, 0.25) is 0 Å². The number of carbonyl (C=O) groups is 1. The second-order valence-corrected chi connectivity index (χ2v) is 5.02. The van der Waals surface area contributed by atoms with Crippen LogP contribution in [-0.4, -0.2) is 27.2 Å². The van der Waals surface area contributed by atoms with E-state index in [9.17, 15) is 4.79 Å². The van der Waals surface area contributed by atoms with Crippen molar-refractivity contribution in [3.63, 3.8) is 0 Å². The molecule has 0 heterocycles. The molecule has 0 saturated carbocycles. The maximum Gasteiger partial charge on any atom is 0.244 e. The number of methoxy groups -OCH3 is 3. The zero-order valence-corrected chi connectivity index (χ0v) is 14.0. The standard InChI is InChI=1S/C19H21NO4/c1-22-16-6-4-5-15(11-16)13-20-19(21)10-8-14-7-9-17(23-2)18(12-14)24-3/h4-12H,13H2,1-3H3,(H,20,21)/b10-8+. The molecule has 24 heavy (non-hydrogen) atoms. The molecule has 0 fully saturated rings. The molecule has 126 valence electrons. The number of ether oxygens (including phenoxy) is 3. The molecule has 2 rings (SSSR count). The summed E-state index contributed by atoms with van der Waals surface area (Å²) in [6.07, 6.45) is 3.21. The van der Waals surface area contributed by atoms with Crippen molar-refractivity contribution in [1.82, 2.24) is 5.32 Å². The molecule has 1 amide bonds. The van der Waals surface area contributed by atoms with Crippen molar-refractivity contribution >= 4 is 12.0 Å². The predicted octanol–water partition coefficient (Wildman–Crippen LogP) is 3.04. The van der Waals surface area contributed by atoms with Crippen LogP contribution in [0.25, 0.3) is 6.08 Å². The quantitative estimate of drug-likeness (QED) is 0.794. The zero-order valence-electron chi connectivity index (χ0n) is 14.0. The number of amides is 1. The fourth-order valence-electron chi connectivity index (χ4n) is 2.16. The lowest BCUT2D eigenvalue weighted by Crippen LogP contribution is -2.20. The summed E-state index contributed by atoms with van der Waals surface area (Å²) >= 11 is 0. The molecule has 0 aliphatic heterocycles. The van der Waals surface area contributed by atoms with Gasteiger partial charge in [0.05, 0.1) is 21.3 Å². The van der Waals surface area contributed by atoms with Crippen molar-refractivity contribution < 1.29 is 19.0 Å². The minimum atomic E-state index is -0.174. The Morgan fingerprint density at radius 1 is 1.00 bits per heavy atom. The summed E-state index contributed by atoms with van der Waals surface area (Å²) in [5, 5.41) is 2.83. The Labute approximate surface area is 141 Å². The van der Waals surface area contributed by atoms with Gasteiger partial charge in [0, 0.05) is 12.6 Å². The Kier molecular flexibility index (Phi) is 6.25. The van der Waals surface area contributed by atoms with E-state index in [1.54, 1.807) is 33.5 Å². The lowest BCUT2D eigenvalue weighted by atomic mass is 10.2. The average molecular weight is 327 g/mol. The van der Waals surface area contributed by atoms with Crippen molar-refractivity contribution in [2.24, 2.45) is 0 Å². The van der Waals surface area contributed by atoms with Gasteiger partial charge in [-0.1, -0.05) is 18.2 Å². The molecule has 0 aliphatic rings. The van der Waals surface area contributed by atoms with Crippen LogP contribution in [-0.2, 0) is 11.3 Å². The number of hydrogen-bond acceptors (Lipinski definition) is 4. The SMILES string of the molecule is COc1cccc(CNC(=O)/C=C/c2ccc(OC)c(OC)c2)c1. The summed E-state index contributed by atoms with van der Waals surface area (Å²) in [5.41, 5.74) is 1.83. The summed E-state index contributed by atoms with van der Waals surface area (Å²) in [6.45, 7) is 0.437. The van der Waals surface area contributed by atoms with Crippen molar-refractivity contribution in [3.8, 4) is 17.2 Å². The monoisotopic (exact) mass is 327 g/mol. The summed E-state index contributed by atoms with van der Waals surface area (Å²) < 4.78 is 15.6. The van der Waals surface area contributed by atoms with Gasteiger partial charge in [0.1, 0.15) is 5.75 Å². The van der Waals surface area contributed by atoms with E-state index in [-0.39, 0.29) is 5.91 Å². The highest BCUT2D eigenvalue weighted by Gasteiger charge is 2.03. The first-order valence-corrected chi connectivity index (χ1v) is 7.47. The largest absolute Gasteiger partial charge is 0.497 e. The summed E-state index contributed by atoms with van der Waals surface area (Å²) in [7, 11) is 4.77. The van der Waals surface area contributed by atoms with E-state index < -0.39 is 0 Å². The molecule has 0 spiro atoms. The fourth-order valence-corrected chi connectivity index (χ4v) is 2.16. The average Bonchev–Trinajstić information content (AvgIpc) is 2.64. The zero-order chi connectivity index (χ0) is 17.4. The van der Waals surface area contributed by atoms with E-state index in [4.69, 9.17) is 14.2 Å². The first-order valence-electron chi connectivity index (χ1n) is 7.47. The van der Waals surface area contributed by atoms with Crippen LogP contribution in [0.4, 0.5) is 0 Å². The van der Waals surface area contributed by atoms with Gasteiger partial charge in [0.15, 0.2) is 11.5 Å². The minimum absolute atomic E-state index is 0.174. The molecule has 0 aliphatic carbocycles. The number of benzene rings is 2. The van der Waals surface area contributed by atoms with Gasteiger partial charge < -0.3 is 19.5 Å². The van der Waals surface area contributed by atoms with Crippen LogP contribution in [0.15, 0.2) is 48.5 Å². The summed E-state index contributed by atoms with van der Waals surface area (Å²) in [4.78, 5) is 11.9. The molecule has 0 aromatic heterocycles. The lowest BCUT2D eigenvalue weighted by Gasteiger charge is -2.07. The van der Waals surface area contributed by atoms with Crippen molar-refractivity contribution in [2.75, 3.05) is 21.3 Å². The first kappa shape index (κ1) is 17.4. The van der Waals surface area contributed by atoms with Crippen molar-refractivity contribution in [2.45, 2.75) is 6.54 Å².